The van der Waals surface area contributed by atoms with Gasteiger partial charge in [-0.15, -0.1) is 13.2 Å². The largest absolute Gasteiger partial charge is 0.573 e. The van der Waals surface area contributed by atoms with E-state index < -0.39 is 6.36 Å². The van der Waals surface area contributed by atoms with Gasteiger partial charge in [0.15, 0.2) is 0 Å². The van der Waals surface area contributed by atoms with E-state index in [0.717, 1.165) is 11.1 Å². The number of ether oxygens (including phenoxy) is 1. The van der Waals surface area contributed by atoms with Gasteiger partial charge in [-0.05, 0) is 40.5 Å². The van der Waals surface area contributed by atoms with E-state index in [1.807, 2.05) is 6.92 Å². The highest BCUT2D eigenvalue weighted by atomic mass is 79.9. The van der Waals surface area contributed by atoms with E-state index in [4.69, 9.17) is 0 Å². The topological polar surface area (TPSA) is 49.9 Å². The molecule has 0 saturated heterocycles. The standard InChI is InChI=1S/C13H13BrF3N3O/c1-8(10-6-19-20-7-10)18-5-9-2-3-12(11(14)4-9)21-13(15,16)17/h2-4,6-8,18H,5H2,1H3,(H,19,20). The molecule has 2 N–H and O–H groups in total. The van der Waals surface area contributed by atoms with Crippen molar-refractivity contribution in [3.05, 3.63) is 46.2 Å². The van der Waals surface area contributed by atoms with Crippen LogP contribution in [0.3, 0.4) is 0 Å². The van der Waals surface area contributed by atoms with Crippen LogP contribution >= 0.6 is 15.9 Å². The van der Waals surface area contributed by atoms with E-state index in [0.29, 0.717) is 6.54 Å². The highest BCUT2D eigenvalue weighted by molar-refractivity contribution is 9.10. The molecule has 0 spiro atoms. The number of aromatic nitrogens is 2. The highest BCUT2D eigenvalue weighted by Crippen LogP contribution is 2.31. The average molecular weight is 364 g/mol. The van der Waals surface area contributed by atoms with E-state index in [1.165, 1.54) is 6.07 Å². The van der Waals surface area contributed by atoms with Crippen molar-refractivity contribution in [2.75, 3.05) is 0 Å². The lowest BCUT2D eigenvalue weighted by Crippen LogP contribution is -2.18. The van der Waals surface area contributed by atoms with Crippen LogP contribution in [-0.4, -0.2) is 16.6 Å². The molecule has 0 bridgehead atoms. The number of H-pyrrole nitrogens is 1. The van der Waals surface area contributed by atoms with Crippen molar-refractivity contribution in [3.8, 4) is 5.75 Å². The fourth-order valence-corrected chi connectivity index (χ4v) is 2.26. The lowest BCUT2D eigenvalue weighted by atomic mass is 10.1. The molecule has 8 heteroatoms. The summed E-state index contributed by atoms with van der Waals surface area (Å²) in [5, 5.41) is 9.84. The fourth-order valence-electron chi connectivity index (χ4n) is 1.75. The Bertz CT molecular complexity index is 587. The molecule has 1 heterocycles. The number of hydrogen-bond acceptors (Lipinski definition) is 3. The van der Waals surface area contributed by atoms with Gasteiger partial charge in [0.25, 0.3) is 0 Å². The van der Waals surface area contributed by atoms with Crippen molar-refractivity contribution in [2.24, 2.45) is 0 Å². The Labute approximate surface area is 127 Å². The molecule has 21 heavy (non-hydrogen) atoms. The van der Waals surface area contributed by atoms with Gasteiger partial charge in [-0.1, -0.05) is 6.07 Å². The Morgan fingerprint density at radius 2 is 2.19 bits per heavy atom. The van der Waals surface area contributed by atoms with Gasteiger partial charge >= 0.3 is 6.36 Å². The second-order valence-electron chi connectivity index (χ2n) is 4.45. The van der Waals surface area contributed by atoms with Crippen LogP contribution in [0.15, 0.2) is 35.1 Å². The number of aromatic amines is 1. The molecule has 0 aliphatic rings. The molecule has 1 aromatic carbocycles. The Morgan fingerprint density at radius 1 is 1.43 bits per heavy atom. The predicted molar refractivity (Wildman–Crippen MR) is 74.7 cm³/mol. The third kappa shape index (κ3) is 4.75. The Morgan fingerprint density at radius 3 is 2.76 bits per heavy atom. The predicted octanol–water partition coefficient (Wildman–Crippen LogP) is 3.92. The van der Waals surface area contributed by atoms with Crippen LogP contribution in [-0.2, 0) is 6.54 Å². The summed E-state index contributed by atoms with van der Waals surface area (Å²) in [6, 6.07) is 4.54. The van der Waals surface area contributed by atoms with E-state index in [1.54, 1.807) is 24.5 Å². The van der Waals surface area contributed by atoms with Crippen LogP contribution in [0, 0.1) is 0 Å². The molecule has 0 radical (unpaired) electrons. The maximum Gasteiger partial charge on any atom is 0.573 e. The molecule has 1 aromatic heterocycles. The van der Waals surface area contributed by atoms with Gasteiger partial charge in [-0.3, -0.25) is 5.10 Å². The summed E-state index contributed by atoms with van der Waals surface area (Å²) >= 11 is 3.08. The minimum absolute atomic E-state index is 0.0774. The minimum atomic E-state index is -4.70. The van der Waals surface area contributed by atoms with E-state index in [-0.39, 0.29) is 16.3 Å². The molecule has 1 unspecified atom stereocenters. The van der Waals surface area contributed by atoms with Crippen LogP contribution < -0.4 is 10.1 Å². The van der Waals surface area contributed by atoms with Gasteiger partial charge < -0.3 is 10.1 Å². The van der Waals surface area contributed by atoms with Crippen LogP contribution in [0.1, 0.15) is 24.1 Å². The number of nitrogens with one attached hydrogen (secondary N) is 2. The first-order valence-corrected chi connectivity index (χ1v) is 6.90. The Kier molecular flexibility index (Phi) is 4.89. The first kappa shape index (κ1) is 15.8. The average Bonchev–Trinajstić information content (AvgIpc) is 2.91. The summed E-state index contributed by atoms with van der Waals surface area (Å²) in [5.41, 5.74) is 1.85. The lowest BCUT2D eigenvalue weighted by molar-refractivity contribution is -0.274. The molecule has 0 aliphatic heterocycles. The van der Waals surface area contributed by atoms with Crippen LogP contribution in [0.4, 0.5) is 13.2 Å². The Balaban J connectivity index is 1.97. The number of alkyl halides is 3. The van der Waals surface area contributed by atoms with Crippen molar-refractivity contribution in [3.63, 3.8) is 0 Å². The summed E-state index contributed by atoms with van der Waals surface area (Å²) in [5.74, 6) is -0.255. The van der Waals surface area contributed by atoms with Crippen molar-refractivity contribution in [2.45, 2.75) is 25.9 Å². The number of rotatable bonds is 5. The molecule has 0 fully saturated rings. The molecule has 4 nitrogen and oxygen atoms in total. The molecule has 0 aliphatic carbocycles. The highest BCUT2D eigenvalue weighted by Gasteiger charge is 2.31. The molecule has 0 amide bonds. The number of hydrogen-bond donors (Lipinski definition) is 2. The van der Waals surface area contributed by atoms with E-state index in [2.05, 4.69) is 36.2 Å². The molecule has 2 rings (SSSR count). The summed E-state index contributed by atoms with van der Waals surface area (Å²) < 4.78 is 40.7. The van der Waals surface area contributed by atoms with Crippen molar-refractivity contribution >= 4 is 15.9 Å². The third-order valence-electron chi connectivity index (χ3n) is 2.85. The van der Waals surface area contributed by atoms with Gasteiger partial charge in [-0.25, -0.2) is 0 Å². The normalized spacial score (nSPS) is 13.2. The summed E-state index contributed by atoms with van der Waals surface area (Å²) in [4.78, 5) is 0. The summed E-state index contributed by atoms with van der Waals surface area (Å²) in [7, 11) is 0. The second-order valence-corrected chi connectivity index (χ2v) is 5.30. The number of halogens is 4. The van der Waals surface area contributed by atoms with Gasteiger partial charge in [0, 0.05) is 24.3 Å². The smallest absolute Gasteiger partial charge is 0.405 e. The molecular formula is C13H13BrF3N3O. The van der Waals surface area contributed by atoms with Crippen molar-refractivity contribution in [1.29, 1.82) is 0 Å². The van der Waals surface area contributed by atoms with Gasteiger partial charge in [-0.2, -0.15) is 5.10 Å². The van der Waals surface area contributed by atoms with Crippen LogP contribution in [0.5, 0.6) is 5.75 Å². The zero-order chi connectivity index (χ0) is 15.5. The SMILES string of the molecule is CC(NCc1ccc(OC(F)(F)F)c(Br)c1)c1cn[nH]c1. The number of nitrogens with zero attached hydrogens (tertiary/aromatic N) is 1. The third-order valence-corrected chi connectivity index (χ3v) is 3.47. The molecular weight excluding hydrogens is 351 g/mol. The second kappa shape index (κ2) is 6.48. The summed E-state index contributed by atoms with van der Waals surface area (Å²) in [6.07, 6.45) is -1.19. The van der Waals surface area contributed by atoms with Crippen LogP contribution in [0.2, 0.25) is 0 Å². The minimum Gasteiger partial charge on any atom is -0.405 e. The maximum atomic E-state index is 12.2. The Hall–Kier alpha value is -1.54. The maximum absolute atomic E-state index is 12.2. The van der Waals surface area contributed by atoms with Crippen molar-refractivity contribution < 1.29 is 17.9 Å². The molecule has 0 saturated carbocycles. The van der Waals surface area contributed by atoms with E-state index in [9.17, 15) is 13.2 Å². The molecule has 2 aromatic rings. The zero-order valence-corrected chi connectivity index (χ0v) is 12.6. The quantitative estimate of drug-likeness (QED) is 0.846. The summed E-state index contributed by atoms with van der Waals surface area (Å²) in [6.45, 7) is 2.48. The van der Waals surface area contributed by atoms with Gasteiger partial charge in [0.2, 0.25) is 0 Å². The molecule has 114 valence electrons. The monoisotopic (exact) mass is 363 g/mol. The van der Waals surface area contributed by atoms with Crippen molar-refractivity contribution in [1.82, 2.24) is 15.5 Å². The van der Waals surface area contributed by atoms with Gasteiger partial charge in [0.05, 0.1) is 10.7 Å². The lowest BCUT2D eigenvalue weighted by Gasteiger charge is -2.14. The van der Waals surface area contributed by atoms with Crippen LogP contribution in [0.25, 0.3) is 0 Å². The van der Waals surface area contributed by atoms with Gasteiger partial charge in [0.1, 0.15) is 5.75 Å². The van der Waals surface area contributed by atoms with E-state index >= 15 is 0 Å². The fraction of sp³-hybridized carbons (Fsp3) is 0.308. The zero-order valence-electron chi connectivity index (χ0n) is 11.0. The first-order valence-electron chi connectivity index (χ1n) is 6.11. The first-order chi connectivity index (χ1) is 9.85. The number of benzene rings is 1. The molecule has 1 atom stereocenters.